The molecule has 0 aliphatic carbocycles. The van der Waals surface area contributed by atoms with Crippen LogP contribution in [0.1, 0.15) is 23.6 Å². The molecular weight excluding hydrogens is 234 g/mol. The van der Waals surface area contributed by atoms with Crippen LogP contribution in [0.4, 0.5) is 0 Å². The summed E-state index contributed by atoms with van der Waals surface area (Å²) in [5.41, 5.74) is 3.96. The lowest BCUT2D eigenvalue weighted by atomic mass is 10.1. The predicted octanol–water partition coefficient (Wildman–Crippen LogP) is 3.68. The summed E-state index contributed by atoms with van der Waals surface area (Å²) in [6, 6.07) is 16.7. The van der Waals surface area contributed by atoms with Gasteiger partial charge in [-0.25, -0.2) is 0 Å². The van der Waals surface area contributed by atoms with Gasteiger partial charge in [0.05, 0.1) is 6.61 Å². The van der Waals surface area contributed by atoms with Gasteiger partial charge in [-0.05, 0) is 42.7 Å². The highest BCUT2D eigenvalue weighted by Crippen LogP contribution is 2.12. The Labute approximate surface area is 115 Å². The molecule has 2 nitrogen and oxygen atoms in total. The van der Waals surface area contributed by atoms with Gasteiger partial charge in [0.25, 0.3) is 0 Å². The zero-order chi connectivity index (χ0) is 13.5. The van der Waals surface area contributed by atoms with E-state index in [1.54, 1.807) is 0 Å². The molecule has 0 radical (unpaired) electrons. The van der Waals surface area contributed by atoms with Crippen LogP contribution in [0, 0.1) is 6.92 Å². The lowest BCUT2D eigenvalue weighted by Gasteiger charge is -2.08. The van der Waals surface area contributed by atoms with E-state index in [-0.39, 0.29) is 0 Å². The Bertz CT molecular complexity index is 505. The maximum absolute atomic E-state index is 5.43. The van der Waals surface area contributed by atoms with Gasteiger partial charge in [0.15, 0.2) is 0 Å². The SMILES string of the molecule is CCOc1ccc(CNCc2ccccc2C)cc1. The van der Waals surface area contributed by atoms with Gasteiger partial charge < -0.3 is 10.1 Å². The van der Waals surface area contributed by atoms with E-state index in [4.69, 9.17) is 4.74 Å². The van der Waals surface area contributed by atoms with Crippen molar-refractivity contribution >= 4 is 0 Å². The molecule has 2 aromatic carbocycles. The van der Waals surface area contributed by atoms with Crippen LogP contribution < -0.4 is 10.1 Å². The number of aryl methyl sites for hydroxylation is 1. The van der Waals surface area contributed by atoms with Crippen molar-refractivity contribution < 1.29 is 4.74 Å². The van der Waals surface area contributed by atoms with Gasteiger partial charge in [-0.15, -0.1) is 0 Å². The first-order chi connectivity index (χ1) is 9.29. The minimum Gasteiger partial charge on any atom is -0.494 e. The molecule has 0 aliphatic heterocycles. The van der Waals surface area contributed by atoms with Gasteiger partial charge in [0.2, 0.25) is 0 Å². The first kappa shape index (κ1) is 13.6. The third kappa shape index (κ3) is 4.11. The molecule has 0 heterocycles. The largest absolute Gasteiger partial charge is 0.494 e. The summed E-state index contributed by atoms with van der Waals surface area (Å²) in [5.74, 6) is 0.935. The van der Waals surface area contributed by atoms with Crippen LogP contribution in [-0.2, 0) is 13.1 Å². The first-order valence-corrected chi connectivity index (χ1v) is 6.76. The topological polar surface area (TPSA) is 21.3 Å². The summed E-state index contributed by atoms with van der Waals surface area (Å²) >= 11 is 0. The normalized spacial score (nSPS) is 10.4. The van der Waals surface area contributed by atoms with Gasteiger partial charge >= 0.3 is 0 Å². The minimum absolute atomic E-state index is 0.713. The summed E-state index contributed by atoms with van der Waals surface area (Å²) in [6.07, 6.45) is 0. The first-order valence-electron chi connectivity index (χ1n) is 6.76. The molecule has 0 atom stereocenters. The number of rotatable bonds is 6. The Morgan fingerprint density at radius 1 is 0.947 bits per heavy atom. The molecule has 0 saturated carbocycles. The molecule has 0 saturated heterocycles. The van der Waals surface area contributed by atoms with Crippen LogP contribution in [0.15, 0.2) is 48.5 Å². The van der Waals surface area contributed by atoms with Crippen molar-refractivity contribution in [3.8, 4) is 5.75 Å². The Hall–Kier alpha value is -1.80. The van der Waals surface area contributed by atoms with Crippen molar-refractivity contribution in [2.45, 2.75) is 26.9 Å². The van der Waals surface area contributed by atoms with E-state index >= 15 is 0 Å². The van der Waals surface area contributed by atoms with Crippen molar-refractivity contribution in [3.05, 3.63) is 65.2 Å². The van der Waals surface area contributed by atoms with Crippen molar-refractivity contribution in [2.24, 2.45) is 0 Å². The average Bonchev–Trinajstić information content (AvgIpc) is 2.43. The lowest BCUT2D eigenvalue weighted by Crippen LogP contribution is -2.13. The Morgan fingerprint density at radius 2 is 1.68 bits per heavy atom. The zero-order valence-corrected chi connectivity index (χ0v) is 11.6. The molecule has 0 bridgehead atoms. The number of hydrogen-bond donors (Lipinski definition) is 1. The Kier molecular flexibility index (Phi) is 4.99. The summed E-state index contributed by atoms with van der Waals surface area (Å²) in [4.78, 5) is 0. The van der Waals surface area contributed by atoms with Crippen molar-refractivity contribution in [1.82, 2.24) is 5.32 Å². The molecule has 2 aromatic rings. The van der Waals surface area contributed by atoms with Crippen LogP contribution >= 0.6 is 0 Å². The fraction of sp³-hybridized carbons (Fsp3) is 0.294. The highest BCUT2D eigenvalue weighted by Gasteiger charge is 1.98. The molecule has 0 aliphatic rings. The monoisotopic (exact) mass is 255 g/mol. The molecule has 1 N–H and O–H groups in total. The molecule has 2 rings (SSSR count). The molecule has 0 spiro atoms. The zero-order valence-electron chi connectivity index (χ0n) is 11.6. The van der Waals surface area contributed by atoms with Gasteiger partial charge in [-0.1, -0.05) is 36.4 Å². The number of hydrogen-bond acceptors (Lipinski definition) is 2. The summed E-state index contributed by atoms with van der Waals surface area (Å²) in [7, 11) is 0. The van der Waals surface area contributed by atoms with E-state index in [1.807, 2.05) is 19.1 Å². The van der Waals surface area contributed by atoms with Crippen molar-refractivity contribution in [1.29, 1.82) is 0 Å². The molecule has 100 valence electrons. The molecule has 19 heavy (non-hydrogen) atoms. The fourth-order valence-electron chi connectivity index (χ4n) is 2.02. The van der Waals surface area contributed by atoms with Gasteiger partial charge in [-0.2, -0.15) is 0 Å². The molecule has 0 unspecified atom stereocenters. The summed E-state index contributed by atoms with van der Waals surface area (Å²) in [5, 5.41) is 3.47. The van der Waals surface area contributed by atoms with E-state index in [0.717, 1.165) is 18.8 Å². The standard InChI is InChI=1S/C17H21NO/c1-3-19-17-10-8-15(9-11-17)12-18-13-16-7-5-4-6-14(16)2/h4-11,18H,3,12-13H2,1-2H3. The summed E-state index contributed by atoms with van der Waals surface area (Å²) < 4.78 is 5.43. The smallest absolute Gasteiger partial charge is 0.119 e. The highest BCUT2D eigenvalue weighted by molar-refractivity contribution is 5.28. The third-order valence-electron chi connectivity index (χ3n) is 3.14. The second-order valence-corrected chi connectivity index (χ2v) is 4.61. The third-order valence-corrected chi connectivity index (χ3v) is 3.14. The van der Waals surface area contributed by atoms with E-state index in [1.165, 1.54) is 16.7 Å². The fourth-order valence-corrected chi connectivity index (χ4v) is 2.02. The van der Waals surface area contributed by atoms with Crippen LogP contribution in [0.5, 0.6) is 5.75 Å². The van der Waals surface area contributed by atoms with Crippen LogP contribution in [-0.4, -0.2) is 6.61 Å². The van der Waals surface area contributed by atoms with Gasteiger partial charge in [0, 0.05) is 13.1 Å². The molecule has 0 amide bonds. The predicted molar refractivity (Wildman–Crippen MR) is 79.3 cm³/mol. The van der Waals surface area contributed by atoms with E-state index in [2.05, 4.69) is 48.6 Å². The van der Waals surface area contributed by atoms with Crippen molar-refractivity contribution in [2.75, 3.05) is 6.61 Å². The average molecular weight is 255 g/mol. The van der Waals surface area contributed by atoms with Crippen LogP contribution in [0.2, 0.25) is 0 Å². The molecule has 0 aromatic heterocycles. The van der Waals surface area contributed by atoms with E-state index in [0.29, 0.717) is 6.61 Å². The molecule has 2 heteroatoms. The second-order valence-electron chi connectivity index (χ2n) is 4.61. The second kappa shape index (κ2) is 6.95. The lowest BCUT2D eigenvalue weighted by molar-refractivity contribution is 0.340. The van der Waals surface area contributed by atoms with Gasteiger partial charge in [-0.3, -0.25) is 0 Å². The summed E-state index contributed by atoms with van der Waals surface area (Å²) in [6.45, 7) is 6.64. The maximum Gasteiger partial charge on any atom is 0.119 e. The minimum atomic E-state index is 0.713. The molecule has 0 fully saturated rings. The van der Waals surface area contributed by atoms with Gasteiger partial charge in [0.1, 0.15) is 5.75 Å². The van der Waals surface area contributed by atoms with E-state index < -0.39 is 0 Å². The number of nitrogens with one attached hydrogen (secondary N) is 1. The number of ether oxygens (including phenoxy) is 1. The number of benzene rings is 2. The Balaban J connectivity index is 1.84. The highest BCUT2D eigenvalue weighted by atomic mass is 16.5. The van der Waals surface area contributed by atoms with E-state index in [9.17, 15) is 0 Å². The molecular formula is C17H21NO. The van der Waals surface area contributed by atoms with Crippen LogP contribution in [0.3, 0.4) is 0 Å². The van der Waals surface area contributed by atoms with Crippen molar-refractivity contribution in [3.63, 3.8) is 0 Å². The Morgan fingerprint density at radius 3 is 2.37 bits per heavy atom. The van der Waals surface area contributed by atoms with Crippen LogP contribution in [0.25, 0.3) is 0 Å². The maximum atomic E-state index is 5.43. The quantitative estimate of drug-likeness (QED) is 0.850.